The fourth-order valence-corrected chi connectivity index (χ4v) is 5.18. The Hall–Kier alpha value is -1.81. The maximum Gasteiger partial charge on any atom is 0.264 e. The molecule has 2 aromatic rings. The summed E-state index contributed by atoms with van der Waals surface area (Å²) in [6.07, 6.45) is 5.02. The third kappa shape index (κ3) is 2.13. The Morgan fingerprint density at radius 1 is 0.818 bits per heavy atom. The van der Waals surface area contributed by atoms with E-state index in [9.17, 15) is 8.42 Å². The van der Waals surface area contributed by atoms with E-state index in [0.717, 1.165) is 43.4 Å². The minimum atomic E-state index is -3.46. The molecule has 0 spiro atoms. The lowest BCUT2D eigenvalue weighted by Gasteiger charge is -2.30. The van der Waals surface area contributed by atoms with Crippen LogP contribution in [0.1, 0.15) is 29.5 Å². The molecule has 0 unspecified atom stereocenters. The average Bonchev–Trinajstić information content (AvgIpc) is 3.02. The molecule has 4 heteroatoms. The molecule has 3 nitrogen and oxygen atoms in total. The first-order chi connectivity index (χ1) is 10.7. The molecule has 0 saturated carbocycles. The summed E-state index contributed by atoms with van der Waals surface area (Å²) in [6.45, 7) is 0.566. The second-order valence-corrected chi connectivity index (χ2v) is 7.96. The fourth-order valence-electron chi connectivity index (χ4n) is 3.58. The van der Waals surface area contributed by atoms with Crippen molar-refractivity contribution in [3.8, 4) is 0 Å². The summed E-state index contributed by atoms with van der Waals surface area (Å²) in [6, 6.07) is 13.5. The quantitative estimate of drug-likeness (QED) is 0.853. The molecule has 0 amide bonds. The van der Waals surface area contributed by atoms with Crippen LogP contribution >= 0.6 is 0 Å². The van der Waals surface area contributed by atoms with E-state index < -0.39 is 10.0 Å². The maximum atomic E-state index is 13.1. The first-order valence-electron chi connectivity index (χ1n) is 7.89. The monoisotopic (exact) mass is 313 g/mol. The highest BCUT2D eigenvalue weighted by Gasteiger charge is 2.29. The Labute approximate surface area is 131 Å². The van der Waals surface area contributed by atoms with E-state index in [2.05, 4.69) is 0 Å². The number of rotatable bonds is 2. The van der Waals surface area contributed by atoms with Crippen molar-refractivity contribution in [1.29, 1.82) is 0 Å². The third-order valence-corrected chi connectivity index (χ3v) is 6.53. The molecule has 0 saturated heterocycles. The van der Waals surface area contributed by atoms with Gasteiger partial charge in [-0.15, -0.1) is 0 Å². The van der Waals surface area contributed by atoms with E-state index in [-0.39, 0.29) is 0 Å². The molecule has 0 fully saturated rings. The second kappa shape index (κ2) is 5.13. The largest absolute Gasteiger partial charge is 0.266 e. The molecule has 4 rings (SSSR count). The molecule has 0 atom stereocenters. The van der Waals surface area contributed by atoms with Crippen LogP contribution in [-0.4, -0.2) is 15.0 Å². The minimum absolute atomic E-state index is 0.435. The number of nitrogens with zero attached hydrogens (tertiary/aromatic N) is 1. The van der Waals surface area contributed by atoms with Gasteiger partial charge in [-0.3, -0.25) is 4.31 Å². The van der Waals surface area contributed by atoms with Crippen LogP contribution in [0.15, 0.2) is 47.4 Å². The molecule has 1 aliphatic carbocycles. The van der Waals surface area contributed by atoms with Gasteiger partial charge >= 0.3 is 0 Å². The van der Waals surface area contributed by atoms with Gasteiger partial charge < -0.3 is 0 Å². The molecule has 0 N–H and O–H groups in total. The molecular weight excluding hydrogens is 294 g/mol. The van der Waals surface area contributed by atoms with Gasteiger partial charge in [-0.2, -0.15) is 0 Å². The van der Waals surface area contributed by atoms with E-state index in [0.29, 0.717) is 11.4 Å². The zero-order chi connectivity index (χ0) is 15.2. The van der Waals surface area contributed by atoms with Crippen molar-refractivity contribution < 1.29 is 8.42 Å². The van der Waals surface area contributed by atoms with Gasteiger partial charge in [-0.05, 0) is 67.0 Å². The molecule has 0 bridgehead atoms. The summed E-state index contributed by atoms with van der Waals surface area (Å²) in [5.74, 6) is 0. The van der Waals surface area contributed by atoms with Crippen LogP contribution in [0.25, 0.3) is 0 Å². The lowest BCUT2D eigenvalue weighted by Crippen LogP contribution is -2.35. The highest BCUT2D eigenvalue weighted by Crippen LogP contribution is 2.33. The van der Waals surface area contributed by atoms with Crippen LogP contribution in [0.2, 0.25) is 0 Å². The second-order valence-electron chi connectivity index (χ2n) is 6.09. The smallest absolute Gasteiger partial charge is 0.264 e. The van der Waals surface area contributed by atoms with Gasteiger partial charge in [0.2, 0.25) is 0 Å². The molecular formula is C18H19NO2S. The van der Waals surface area contributed by atoms with Gasteiger partial charge in [0, 0.05) is 6.54 Å². The van der Waals surface area contributed by atoms with Crippen LogP contribution in [0, 0.1) is 0 Å². The molecule has 2 aliphatic rings. The van der Waals surface area contributed by atoms with Crippen molar-refractivity contribution in [3.63, 3.8) is 0 Å². The van der Waals surface area contributed by atoms with Crippen molar-refractivity contribution in [2.45, 2.75) is 37.0 Å². The van der Waals surface area contributed by atoms with Gasteiger partial charge in [0.25, 0.3) is 10.0 Å². The highest BCUT2D eigenvalue weighted by molar-refractivity contribution is 7.92. The maximum absolute atomic E-state index is 13.1. The number of benzene rings is 2. The van der Waals surface area contributed by atoms with E-state index >= 15 is 0 Å². The molecule has 2 aromatic carbocycles. The van der Waals surface area contributed by atoms with Gasteiger partial charge in [-0.1, -0.05) is 24.3 Å². The first-order valence-corrected chi connectivity index (χ1v) is 9.33. The van der Waals surface area contributed by atoms with Crippen molar-refractivity contribution in [1.82, 2.24) is 0 Å². The number of sulfonamides is 1. The summed E-state index contributed by atoms with van der Waals surface area (Å²) in [4.78, 5) is 0.435. The Bertz CT molecular complexity index is 827. The standard InChI is InChI=1S/C18H19NO2S/c20-22(21,17-11-10-14-6-3-7-16(14)13-17)19-12-4-8-15-5-1-2-9-18(15)19/h1-2,5,9-11,13H,3-4,6-8,12H2. The predicted molar refractivity (Wildman–Crippen MR) is 87.8 cm³/mol. The Balaban J connectivity index is 1.79. The van der Waals surface area contributed by atoms with Crippen molar-refractivity contribution >= 4 is 15.7 Å². The Kier molecular flexibility index (Phi) is 3.22. The number of aryl methyl sites for hydroxylation is 3. The van der Waals surface area contributed by atoms with E-state index in [1.54, 1.807) is 10.4 Å². The van der Waals surface area contributed by atoms with E-state index in [4.69, 9.17) is 0 Å². The number of fused-ring (bicyclic) bond motifs is 2. The normalized spacial score (nSPS) is 17.2. The van der Waals surface area contributed by atoms with Crippen LogP contribution in [-0.2, 0) is 29.3 Å². The van der Waals surface area contributed by atoms with Crippen LogP contribution in [0.3, 0.4) is 0 Å². The highest BCUT2D eigenvalue weighted by atomic mass is 32.2. The van der Waals surface area contributed by atoms with Crippen molar-refractivity contribution in [2.24, 2.45) is 0 Å². The van der Waals surface area contributed by atoms with Crippen LogP contribution in [0.4, 0.5) is 5.69 Å². The summed E-state index contributed by atoms with van der Waals surface area (Å²) >= 11 is 0. The third-order valence-electron chi connectivity index (χ3n) is 4.73. The van der Waals surface area contributed by atoms with E-state index in [1.165, 1.54) is 11.1 Å². The number of para-hydroxylation sites is 1. The van der Waals surface area contributed by atoms with Gasteiger partial charge in [0.15, 0.2) is 0 Å². The summed E-state index contributed by atoms with van der Waals surface area (Å²) in [5, 5.41) is 0. The minimum Gasteiger partial charge on any atom is -0.266 e. The lowest BCUT2D eigenvalue weighted by molar-refractivity contribution is 0.586. The topological polar surface area (TPSA) is 37.4 Å². The molecule has 22 heavy (non-hydrogen) atoms. The molecule has 0 radical (unpaired) electrons. The molecule has 1 heterocycles. The first kappa shape index (κ1) is 13.8. The molecule has 114 valence electrons. The van der Waals surface area contributed by atoms with Gasteiger partial charge in [0.05, 0.1) is 10.6 Å². The van der Waals surface area contributed by atoms with Crippen LogP contribution in [0.5, 0.6) is 0 Å². The van der Waals surface area contributed by atoms with Crippen molar-refractivity contribution in [3.05, 3.63) is 59.2 Å². The lowest BCUT2D eigenvalue weighted by atomic mass is 10.0. The van der Waals surface area contributed by atoms with Crippen molar-refractivity contribution in [2.75, 3.05) is 10.8 Å². The summed E-state index contributed by atoms with van der Waals surface area (Å²) < 4.78 is 27.7. The average molecular weight is 313 g/mol. The van der Waals surface area contributed by atoms with E-state index in [1.807, 2.05) is 36.4 Å². The zero-order valence-electron chi connectivity index (χ0n) is 12.5. The van der Waals surface area contributed by atoms with Gasteiger partial charge in [0.1, 0.15) is 0 Å². The summed E-state index contributed by atoms with van der Waals surface area (Å²) in [7, 11) is -3.46. The Morgan fingerprint density at radius 2 is 1.59 bits per heavy atom. The van der Waals surface area contributed by atoms with Gasteiger partial charge in [-0.25, -0.2) is 8.42 Å². The molecule has 1 aliphatic heterocycles. The van der Waals surface area contributed by atoms with Crippen LogP contribution < -0.4 is 4.31 Å². The number of anilines is 1. The SMILES string of the molecule is O=S(=O)(c1ccc2c(c1)CCC2)N1CCCc2ccccc21. The Morgan fingerprint density at radius 3 is 2.50 bits per heavy atom. The number of hydrogen-bond donors (Lipinski definition) is 0. The zero-order valence-corrected chi connectivity index (χ0v) is 13.3. The molecule has 0 aromatic heterocycles. The fraction of sp³-hybridized carbons (Fsp3) is 0.333. The number of hydrogen-bond acceptors (Lipinski definition) is 2. The predicted octanol–water partition coefficient (Wildman–Crippen LogP) is 3.32. The summed E-state index contributed by atoms with van der Waals surface area (Å²) in [5.41, 5.74) is 4.47.